The van der Waals surface area contributed by atoms with Gasteiger partial charge in [-0.3, -0.25) is 10.0 Å². The number of para-hydroxylation sites is 1. The van der Waals surface area contributed by atoms with Crippen LogP contribution < -0.4 is 5.48 Å². The molecule has 0 bridgehead atoms. The number of hydrogen-bond donors (Lipinski definition) is 2. The summed E-state index contributed by atoms with van der Waals surface area (Å²) in [4.78, 5) is 16.3. The van der Waals surface area contributed by atoms with Crippen LogP contribution in [0.1, 0.15) is 10.5 Å². The lowest BCUT2D eigenvalue weighted by Gasteiger charge is -2.05. The molecular formula is C17H11ClN4O2S. The number of rotatable bonds is 3. The second kappa shape index (κ2) is 6.29. The molecule has 0 aliphatic heterocycles. The number of benzene rings is 2. The van der Waals surface area contributed by atoms with E-state index in [1.807, 2.05) is 42.5 Å². The van der Waals surface area contributed by atoms with E-state index >= 15 is 0 Å². The number of nitrogens with zero attached hydrogens (tertiary/aromatic N) is 3. The molecule has 0 aliphatic rings. The molecule has 8 heteroatoms. The normalized spacial score (nSPS) is 11.0. The average Bonchev–Trinajstić information content (AvgIpc) is 3.29. The number of hydrogen-bond acceptors (Lipinski definition) is 5. The molecule has 0 saturated carbocycles. The monoisotopic (exact) mass is 370 g/mol. The third-order valence-electron chi connectivity index (χ3n) is 3.76. The van der Waals surface area contributed by atoms with Gasteiger partial charge in [0.05, 0.1) is 26.6 Å². The number of amides is 1. The molecule has 0 radical (unpaired) electrons. The van der Waals surface area contributed by atoms with Crippen molar-refractivity contribution in [1.29, 1.82) is 0 Å². The van der Waals surface area contributed by atoms with Crippen molar-refractivity contribution in [2.75, 3.05) is 0 Å². The lowest BCUT2D eigenvalue weighted by molar-refractivity contribution is 0.0697. The van der Waals surface area contributed by atoms with Crippen LogP contribution in [0.4, 0.5) is 0 Å². The number of nitrogens with one attached hydrogen (secondary N) is 1. The van der Waals surface area contributed by atoms with Crippen LogP contribution in [0.5, 0.6) is 0 Å². The van der Waals surface area contributed by atoms with Gasteiger partial charge in [-0.25, -0.2) is 15.1 Å². The van der Waals surface area contributed by atoms with Gasteiger partial charge in [0.1, 0.15) is 11.2 Å². The molecule has 4 rings (SSSR count). The number of hydroxylamine groups is 1. The standard InChI is InChI=1S/C17H11ClN4O2S/c18-15-11(6-7-14-16(15)19-9-25-14)12-8-13(17(23)21-24)22(20-12)10-4-2-1-3-5-10/h1-9,24H,(H,21,23). The van der Waals surface area contributed by atoms with E-state index in [-0.39, 0.29) is 5.69 Å². The maximum Gasteiger partial charge on any atom is 0.293 e. The Morgan fingerprint density at radius 2 is 2.00 bits per heavy atom. The quantitative estimate of drug-likeness (QED) is 0.423. The zero-order valence-electron chi connectivity index (χ0n) is 12.7. The summed E-state index contributed by atoms with van der Waals surface area (Å²) in [5.41, 5.74) is 6.15. The molecule has 0 fully saturated rings. The minimum absolute atomic E-state index is 0.193. The van der Waals surface area contributed by atoms with E-state index in [1.54, 1.807) is 17.1 Å². The van der Waals surface area contributed by atoms with Crippen molar-refractivity contribution in [1.82, 2.24) is 20.2 Å². The maximum absolute atomic E-state index is 12.0. The van der Waals surface area contributed by atoms with Crippen molar-refractivity contribution >= 4 is 39.1 Å². The molecule has 0 aliphatic carbocycles. The van der Waals surface area contributed by atoms with E-state index in [1.165, 1.54) is 16.0 Å². The molecule has 124 valence electrons. The fourth-order valence-electron chi connectivity index (χ4n) is 2.59. The molecular weight excluding hydrogens is 360 g/mol. The first-order valence-corrected chi connectivity index (χ1v) is 8.57. The molecule has 25 heavy (non-hydrogen) atoms. The number of thiazole rings is 1. The highest BCUT2D eigenvalue weighted by Gasteiger charge is 2.19. The van der Waals surface area contributed by atoms with Crippen LogP contribution >= 0.6 is 22.9 Å². The van der Waals surface area contributed by atoms with Crippen molar-refractivity contribution in [3.05, 3.63) is 64.8 Å². The highest BCUT2D eigenvalue weighted by atomic mass is 35.5. The van der Waals surface area contributed by atoms with Crippen molar-refractivity contribution in [3.63, 3.8) is 0 Å². The van der Waals surface area contributed by atoms with E-state index in [0.717, 1.165) is 4.70 Å². The summed E-state index contributed by atoms with van der Waals surface area (Å²) in [7, 11) is 0. The fourth-order valence-corrected chi connectivity index (χ4v) is 3.64. The highest BCUT2D eigenvalue weighted by Crippen LogP contribution is 2.35. The Labute approximate surface area is 151 Å². The van der Waals surface area contributed by atoms with E-state index < -0.39 is 5.91 Å². The molecule has 6 nitrogen and oxygen atoms in total. The smallest absolute Gasteiger partial charge is 0.288 e. The van der Waals surface area contributed by atoms with Crippen molar-refractivity contribution < 1.29 is 10.0 Å². The third-order valence-corrected chi connectivity index (χ3v) is 4.94. The summed E-state index contributed by atoms with van der Waals surface area (Å²) in [5.74, 6) is -0.659. The van der Waals surface area contributed by atoms with Gasteiger partial charge in [0.2, 0.25) is 0 Å². The first-order valence-electron chi connectivity index (χ1n) is 7.31. The van der Waals surface area contributed by atoms with Gasteiger partial charge in [0.15, 0.2) is 0 Å². The SMILES string of the molecule is O=C(NO)c1cc(-c2ccc3scnc3c2Cl)nn1-c1ccccc1. The molecule has 0 unspecified atom stereocenters. The Hall–Kier alpha value is -2.74. The van der Waals surface area contributed by atoms with E-state index in [9.17, 15) is 4.79 Å². The number of halogens is 1. The minimum atomic E-state index is -0.659. The van der Waals surface area contributed by atoms with Crippen LogP contribution in [0.15, 0.2) is 54.0 Å². The lowest BCUT2D eigenvalue weighted by Crippen LogP contribution is -2.22. The van der Waals surface area contributed by atoms with Gasteiger partial charge >= 0.3 is 0 Å². The summed E-state index contributed by atoms with van der Waals surface area (Å²) >= 11 is 7.98. The number of carbonyl (C=O) groups excluding carboxylic acids is 1. The zero-order valence-corrected chi connectivity index (χ0v) is 14.3. The molecule has 2 N–H and O–H groups in total. The van der Waals surface area contributed by atoms with Crippen LogP contribution in [0.3, 0.4) is 0 Å². The van der Waals surface area contributed by atoms with Crippen LogP contribution in [0.25, 0.3) is 27.2 Å². The van der Waals surface area contributed by atoms with Crippen molar-refractivity contribution in [3.8, 4) is 16.9 Å². The average molecular weight is 371 g/mol. The van der Waals surface area contributed by atoms with Gasteiger partial charge in [0.25, 0.3) is 5.91 Å². The Kier molecular flexibility index (Phi) is 3.96. The summed E-state index contributed by atoms with van der Waals surface area (Å²) in [6.07, 6.45) is 0. The van der Waals surface area contributed by atoms with Gasteiger partial charge < -0.3 is 0 Å². The second-order valence-corrected chi connectivity index (χ2v) is 6.49. The molecule has 2 heterocycles. The van der Waals surface area contributed by atoms with Crippen molar-refractivity contribution in [2.45, 2.75) is 0 Å². The predicted molar refractivity (Wildman–Crippen MR) is 96.4 cm³/mol. The summed E-state index contributed by atoms with van der Waals surface area (Å²) in [6, 6.07) is 14.5. The highest BCUT2D eigenvalue weighted by molar-refractivity contribution is 7.16. The van der Waals surface area contributed by atoms with Gasteiger partial charge in [0, 0.05) is 5.56 Å². The third kappa shape index (κ3) is 2.68. The van der Waals surface area contributed by atoms with E-state index in [0.29, 0.717) is 27.5 Å². The zero-order chi connectivity index (χ0) is 17.4. The Balaban J connectivity index is 1.92. The Bertz CT molecular complexity index is 1070. The van der Waals surface area contributed by atoms with E-state index in [4.69, 9.17) is 16.8 Å². The molecule has 4 aromatic rings. The van der Waals surface area contributed by atoms with E-state index in [2.05, 4.69) is 10.1 Å². The van der Waals surface area contributed by atoms with Gasteiger partial charge in [-0.05, 0) is 30.3 Å². The van der Waals surface area contributed by atoms with Crippen LogP contribution in [0, 0.1) is 0 Å². The first-order chi connectivity index (χ1) is 12.2. The summed E-state index contributed by atoms with van der Waals surface area (Å²) in [5, 5.41) is 14.0. The molecule has 0 spiro atoms. The maximum atomic E-state index is 12.0. The van der Waals surface area contributed by atoms with Crippen LogP contribution in [0.2, 0.25) is 5.02 Å². The molecule has 0 atom stereocenters. The topological polar surface area (TPSA) is 80.0 Å². The number of fused-ring (bicyclic) bond motifs is 1. The molecule has 0 saturated heterocycles. The van der Waals surface area contributed by atoms with Gasteiger partial charge in [-0.2, -0.15) is 5.10 Å². The summed E-state index contributed by atoms with van der Waals surface area (Å²) < 4.78 is 2.44. The van der Waals surface area contributed by atoms with Crippen LogP contribution in [-0.2, 0) is 0 Å². The Morgan fingerprint density at radius 3 is 2.76 bits per heavy atom. The van der Waals surface area contributed by atoms with Gasteiger partial charge in [-0.1, -0.05) is 29.8 Å². The lowest BCUT2D eigenvalue weighted by atomic mass is 10.1. The number of aromatic nitrogens is 3. The van der Waals surface area contributed by atoms with Gasteiger partial charge in [-0.15, -0.1) is 11.3 Å². The first kappa shape index (κ1) is 15.8. The molecule has 2 aromatic heterocycles. The number of carbonyl (C=O) groups is 1. The summed E-state index contributed by atoms with van der Waals surface area (Å²) in [6.45, 7) is 0. The molecule has 1 amide bonds. The fraction of sp³-hybridized carbons (Fsp3) is 0. The van der Waals surface area contributed by atoms with Crippen molar-refractivity contribution in [2.24, 2.45) is 0 Å². The minimum Gasteiger partial charge on any atom is -0.288 e. The molecule has 2 aromatic carbocycles. The largest absolute Gasteiger partial charge is 0.293 e. The van der Waals surface area contributed by atoms with Crippen LogP contribution in [-0.4, -0.2) is 25.9 Å². The predicted octanol–water partition coefficient (Wildman–Crippen LogP) is 3.92. The second-order valence-electron chi connectivity index (χ2n) is 5.23. The Morgan fingerprint density at radius 1 is 1.20 bits per heavy atom.